The van der Waals surface area contributed by atoms with Gasteiger partial charge in [-0.2, -0.15) is 0 Å². The third-order valence-corrected chi connectivity index (χ3v) is 3.76. The van der Waals surface area contributed by atoms with Crippen molar-refractivity contribution in [3.63, 3.8) is 0 Å². The Labute approximate surface area is 153 Å². The number of hydroxylamine groups is 2. The maximum atomic E-state index is 12.0. The van der Waals surface area contributed by atoms with E-state index in [1.165, 1.54) is 0 Å². The van der Waals surface area contributed by atoms with Gasteiger partial charge in [0.2, 0.25) is 0 Å². The number of carbonyl (C=O) groups is 3. The molecule has 1 aromatic carbocycles. The fraction of sp³-hybridized carbons (Fsp3) is 0.438. The topological polar surface area (TPSA) is 157 Å². The summed E-state index contributed by atoms with van der Waals surface area (Å²) in [5.41, 5.74) is -0.739. The van der Waals surface area contributed by atoms with Crippen LogP contribution in [-0.4, -0.2) is 38.2 Å². The number of hydrogen-bond acceptors (Lipinski definition) is 9. The lowest BCUT2D eigenvalue weighted by Gasteiger charge is -2.21. The molecule has 0 radical (unpaired) electrons. The first-order chi connectivity index (χ1) is 12.6. The van der Waals surface area contributed by atoms with Crippen LogP contribution in [0.2, 0.25) is 0 Å². The number of benzene rings is 1. The van der Waals surface area contributed by atoms with Gasteiger partial charge in [-0.3, -0.25) is 24.5 Å². The van der Waals surface area contributed by atoms with Crippen LogP contribution < -0.4 is 0 Å². The zero-order valence-corrected chi connectivity index (χ0v) is 14.6. The third-order valence-electron chi connectivity index (χ3n) is 3.76. The van der Waals surface area contributed by atoms with E-state index in [4.69, 9.17) is 4.74 Å². The standard InChI is InChI=1S/C16H18N2O9/c1-8(2)5-13(9-6-11(19)12(20)7-10(9)18(24)25)26-16(23)27-17-14(21)3-4-15(17)22/h6-8,13,19-20H,3-5H2,1-2H3. The van der Waals surface area contributed by atoms with E-state index in [-0.39, 0.29) is 35.8 Å². The Hall–Kier alpha value is -3.37. The molecule has 11 nitrogen and oxygen atoms in total. The molecule has 1 heterocycles. The summed E-state index contributed by atoms with van der Waals surface area (Å²) in [6.45, 7) is 3.53. The van der Waals surface area contributed by atoms with Crippen molar-refractivity contribution in [3.8, 4) is 11.5 Å². The van der Waals surface area contributed by atoms with Crippen molar-refractivity contribution < 1.29 is 39.1 Å². The first-order valence-electron chi connectivity index (χ1n) is 8.04. The van der Waals surface area contributed by atoms with Crippen molar-refractivity contribution in [3.05, 3.63) is 27.8 Å². The zero-order valence-electron chi connectivity index (χ0n) is 14.6. The van der Waals surface area contributed by atoms with E-state index in [0.29, 0.717) is 0 Å². The first kappa shape index (κ1) is 19.9. The Morgan fingerprint density at radius 2 is 1.78 bits per heavy atom. The highest BCUT2D eigenvalue weighted by molar-refractivity contribution is 6.01. The lowest BCUT2D eigenvalue weighted by atomic mass is 9.97. The highest BCUT2D eigenvalue weighted by Gasteiger charge is 2.35. The smallest absolute Gasteiger partial charge is 0.504 e. The largest absolute Gasteiger partial charge is 0.534 e. The molecule has 0 aliphatic carbocycles. The number of carbonyl (C=O) groups excluding carboxylic acids is 3. The average molecular weight is 382 g/mol. The van der Waals surface area contributed by atoms with Crippen molar-refractivity contribution in [2.75, 3.05) is 0 Å². The van der Waals surface area contributed by atoms with Crippen LogP contribution in [0.5, 0.6) is 11.5 Å². The Bertz CT molecular complexity index is 774. The average Bonchev–Trinajstić information content (AvgIpc) is 2.87. The molecule has 11 heteroatoms. The van der Waals surface area contributed by atoms with E-state index in [1.54, 1.807) is 13.8 Å². The molecule has 0 bridgehead atoms. The van der Waals surface area contributed by atoms with Crippen molar-refractivity contribution in [1.29, 1.82) is 0 Å². The predicted molar refractivity (Wildman–Crippen MR) is 87.3 cm³/mol. The molecule has 1 fully saturated rings. The molecule has 0 saturated carbocycles. The van der Waals surface area contributed by atoms with Gasteiger partial charge >= 0.3 is 6.16 Å². The number of hydrogen-bond donors (Lipinski definition) is 2. The molecule has 0 spiro atoms. The molecular weight excluding hydrogens is 364 g/mol. The number of nitro benzene ring substituents is 1. The number of amides is 2. The molecule has 2 N–H and O–H groups in total. The SMILES string of the molecule is CC(C)CC(OC(=O)ON1C(=O)CCC1=O)c1cc(O)c(O)cc1[N+](=O)[O-]. The second-order valence-electron chi connectivity index (χ2n) is 6.32. The minimum atomic E-state index is -1.40. The zero-order chi connectivity index (χ0) is 20.3. The van der Waals surface area contributed by atoms with Gasteiger partial charge in [-0.15, -0.1) is 0 Å². The summed E-state index contributed by atoms with van der Waals surface area (Å²) >= 11 is 0. The second-order valence-corrected chi connectivity index (χ2v) is 6.32. The number of phenolic OH excluding ortho intramolecular Hbond substituents is 2. The van der Waals surface area contributed by atoms with Gasteiger partial charge in [-0.1, -0.05) is 18.9 Å². The summed E-state index contributed by atoms with van der Waals surface area (Å²) in [6.07, 6.45) is -2.71. The molecule has 146 valence electrons. The monoisotopic (exact) mass is 382 g/mol. The summed E-state index contributed by atoms with van der Waals surface area (Å²) < 4.78 is 5.09. The normalized spacial score (nSPS) is 15.1. The number of phenols is 2. The molecule has 2 amide bonds. The lowest BCUT2D eigenvalue weighted by molar-refractivity contribution is -0.386. The molecule has 1 saturated heterocycles. The van der Waals surface area contributed by atoms with Crippen LogP contribution in [0.1, 0.15) is 44.8 Å². The fourth-order valence-corrected chi connectivity index (χ4v) is 2.53. The van der Waals surface area contributed by atoms with E-state index in [0.717, 1.165) is 12.1 Å². The van der Waals surface area contributed by atoms with E-state index < -0.39 is 46.2 Å². The molecule has 1 aliphatic rings. The van der Waals surface area contributed by atoms with E-state index in [2.05, 4.69) is 4.84 Å². The molecular formula is C16H18N2O9. The molecule has 1 unspecified atom stereocenters. The van der Waals surface area contributed by atoms with Crippen molar-refractivity contribution in [1.82, 2.24) is 5.06 Å². The molecule has 1 aliphatic heterocycles. The fourth-order valence-electron chi connectivity index (χ4n) is 2.53. The minimum absolute atomic E-state index is 0.0894. The van der Waals surface area contributed by atoms with Crippen LogP contribution >= 0.6 is 0 Å². The summed E-state index contributed by atoms with van der Waals surface area (Å²) in [5.74, 6) is -2.83. The molecule has 1 aromatic rings. The van der Waals surface area contributed by atoms with Gasteiger partial charge in [0.25, 0.3) is 17.5 Å². The third kappa shape index (κ3) is 4.63. The second kappa shape index (κ2) is 7.89. The minimum Gasteiger partial charge on any atom is -0.504 e. The van der Waals surface area contributed by atoms with Gasteiger partial charge in [0.15, 0.2) is 11.5 Å². The van der Waals surface area contributed by atoms with Gasteiger partial charge in [-0.25, -0.2) is 4.79 Å². The predicted octanol–water partition coefficient (Wildman–Crippen LogP) is 2.31. The van der Waals surface area contributed by atoms with E-state index in [1.807, 2.05) is 0 Å². The van der Waals surface area contributed by atoms with Crippen LogP contribution in [0.25, 0.3) is 0 Å². The number of rotatable bonds is 6. The molecule has 27 heavy (non-hydrogen) atoms. The Morgan fingerprint density at radius 3 is 2.30 bits per heavy atom. The Kier molecular flexibility index (Phi) is 5.83. The molecule has 2 rings (SSSR count). The van der Waals surface area contributed by atoms with Crippen LogP contribution in [0.4, 0.5) is 10.5 Å². The highest BCUT2D eigenvalue weighted by atomic mass is 16.8. The van der Waals surface area contributed by atoms with Crippen LogP contribution in [0, 0.1) is 16.0 Å². The summed E-state index contributed by atoms with van der Waals surface area (Å²) in [7, 11) is 0. The lowest BCUT2D eigenvalue weighted by Crippen LogP contribution is -2.33. The van der Waals surface area contributed by atoms with Crippen molar-refractivity contribution in [2.45, 2.75) is 39.2 Å². The Morgan fingerprint density at radius 1 is 1.22 bits per heavy atom. The van der Waals surface area contributed by atoms with Gasteiger partial charge in [0.1, 0.15) is 6.10 Å². The maximum Gasteiger partial charge on any atom is 0.534 e. The van der Waals surface area contributed by atoms with Gasteiger partial charge in [0.05, 0.1) is 16.6 Å². The van der Waals surface area contributed by atoms with E-state index >= 15 is 0 Å². The molecule has 1 atom stereocenters. The van der Waals surface area contributed by atoms with E-state index in [9.17, 15) is 34.7 Å². The quantitative estimate of drug-likeness (QED) is 0.248. The summed E-state index contributed by atoms with van der Waals surface area (Å²) in [4.78, 5) is 50.1. The van der Waals surface area contributed by atoms with Crippen LogP contribution in [-0.2, 0) is 19.2 Å². The summed E-state index contributed by atoms with van der Waals surface area (Å²) in [6, 6.07) is 1.65. The number of imide groups is 1. The highest BCUT2D eigenvalue weighted by Crippen LogP contribution is 2.39. The Balaban J connectivity index is 2.29. The van der Waals surface area contributed by atoms with Gasteiger partial charge in [-0.05, 0) is 18.4 Å². The number of nitro groups is 1. The number of ether oxygens (including phenoxy) is 1. The van der Waals surface area contributed by atoms with Crippen LogP contribution in [0.15, 0.2) is 12.1 Å². The van der Waals surface area contributed by atoms with Crippen molar-refractivity contribution in [2.24, 2.45) is 5.92 Å². The summed E-state index contributed by atoms with van der Waals surface area (Å²) in [5, 5.41) is 30.7. The molecule has 0 aromatic heterocycles. The van der Waals surface area contributed by atoms with Crippen molar-refractivity contribution >= 4 is 23.7 Å². The number of nitrogens with zero attached hydrogens (tertiary/aromatic N) is 2. The van der Waals surface area contributed by atoms with Gasteiger partial charge in [0, 0.05) is 12.8 Å². The van der Waals surface area contributed by atoms with Crippen LogP contribution in [0.3, 0.4) is 0 Å². The first-order valence-corrected chi connectivity index (χ1v) is 8.04. The number of aromatic hydroxyl groups is 2. The maximum absolute atomic E-state index is 12.0. The van der Waals surface area contributed by atoms with Gasteiger partial charge < -0.3 is 14.9 Å².